The molecular formula is C24H30N2O3. The lowest BCUT2D eigenvalue weighted by atomic mass is 9.73. The van der Waals surface area contributed by atoms with Gasteiger partial charge in [0.25, 0.3) is 0 Å². The fourth-order valence-electron chi connectivity index (χ4n) is 5.60. The van der Waals surface area contributed by atoms with Crippen LogP contribution in [0.15, 0.2) is 47.1 Å². The Kier molecular flexibility index (Phi) is 5.18. The summed E-state index contributed by atoms with van der Waals surface area (Å²) in [5.41, 5.74) is 3.14. The number of carbonyl (C=O) groups is 1. The number of amides is 1. The van der Waals surface area contributed by atoms with Crippen molar-refractivity contribution in [3.63, 3.8) is 0 Å². The van der Waals surface area contributed by atoms with E-state index in [0.29, 0.717) is 31.5 Å². The number of hydrogen-bond donors (Lipinski definition) is 0. The van der Waals surface area contributed by atoms with Gasteiger partial charge in [0.1, 0.15) is 5.76 Å². The van der Waals surface area contributed by atoms with E-state index in [9.17, 15) is 4.79 Å². The first-order chi connectivity index (χ1) is 14.2. The van der Waals surface area contributed by atoms with Crippen LogP contribution in [0.1, 0.15) is 48.5 Å². The molecule has 1 amide bonds. The van der Waals surface area contributed by atoms with Crippen molar-refractivity contribution in [3.05, 3.63) is 59.5 Å². The molecule has 0 saturated carbocycles. The first-order valence-corrected chi connectivity index (χ1v) is 10.9. The Bertz CT molecular complexity index is 834. The molecule has 5 rings (SSSR count). The topological polar surface area (TPSA) is 45.9 Å². The Labute approximate surface area is 172 Å². The molecule has 5 nitrogen and oxygen atoms in total. The van der Waals surface area contributed by atoms with Crippen LogP contribution >= 0.6 is 0 Å². The van der Waals surface area contributed by atoms with Crippen LogP contribution in [0.2, 0.25) is 0 Å². The third kappa shape index (κ3) is 3.74. The molecule has 1 aromatic heterocycles. The summed E-state index contributed by atoms with van der Waals surface area (Å²) in [6, 6.07) is 12.9. The minimum absolute atomic E-state index is 0.228. The summed E-state index contributed by atoms with van der Waals surface area (Å²) in [4.78, 5) is 17.4. The maximum Gasteiger partial charge on any atom is 0.223 e. The fourth-order valence-corrected chi connectivity index (χ4v) is 5.60. The molecule has 3 aliphatic rings. The molecule has 0 radical (unpaired) electrons. The molecule has 1 atom stereocenters. The summed E-state index contributed by atoms with van der Waals surface area (Å²) in [6.45, 7) is 5.87. The van der Waals surface area contributed by atoms with E-state index >= 15 is 0 Å². The van der Waals surface area contributed by atoms with Gasteiger partial charge in [-0.1, -0.05) is 24.3 Å². The van der Waals surface area contributed by atoms with Gasteiger partial charge in [-0.3, -0.25) is 9.69 Å². The van der Waals surface area contributed by atoms with Crippen molar-refractivity contribution in [2.45, 2.75) is 43.6 Å². The van der Waals surface area contributed by atoms with E-state index in [-0.39, 0.29) is 5.41 Å². The van der Waals surface area contributed by atoms with Crippen LogP contribution in [0.25, 0.3) is 0 Å². The Balaban J connectivity index is 1.28. The second kappa shape index (κ2) is 7.96. The molecule has 29 heavy (non-hydrogen) atoms. The van der Waals surface area contributed by atoms with Gasteiger partial charge in [-0.05, 0) is 66.9 Å². The number of likely N-dealkylation sites (tertiary alicyclic amines) is 1. The van der Waals surface area contributed by atoms with Crippen molar-refractivity contribution in [1.82, 2.24) is 9.80 Å². The molecule has 3 heterocycles. The van der Waals surface area contributed by atoms with Crippen molar-refractivity contribution < 1.29 is 13.9 Å². The number of ether oxygens (including phenoxy) is 1. The molecule has 2 saturated heterocycles. The average Bonchev–Trinajstić information content (AvgIpc) is 3.38. The van der Waals surface area contributed by atoms with E-state index in [1.807, 2.05) is 11.0 Å². The standard InChI is InChI=1S/C24H30N2O3/c27-23(26-11-14-28-15-12-26)16-19-17-24(22-6-2-1-5-21(19)22)7-9-25(10-8-24)18-20-4-3-13-29-20/h1-6,13,19H,7-12,14-18H2. The molecule has 1 aromatic carbocycles. The highest BCUT2D eigenvalue weighted by molar-refractivity contribution is 5.77. The Hall–Kier alpha value is -2.11. The van der Waals surface area contributed by atoms with Crippen molar-refractivity contribution >= 4 is 5.91 Å². The van der Waals surface area contributed by atoms with Crippen LogP contribution in [0.5, 0.6) is 0 Å². The number of morpholine rings is 1. The van der Waals surface area contributed by atoms with Crippen LogP contribution < -0.4 is 0 Å². The minimum atomic E-state index is 0.228. The average molecular weight is 395 g/mol. The highest BCUT2D eigenvalue weighted by Gasteiger charge is 2.45. The van der Waals surface area contributed by atoms with Crippen LogP contribution in [0, 0.1) is 0 Å². The van der Waals surface area contributed by atoms with Crippen molar-refractivity contribution in [1.29, 1.82) is 0 Å². The number of furan rings is 1. The molecule has 1 spiro atoms. The predicted octanol–water partition coefficient (Wildman–Crippen LogP) is 3.55. The van der Waals surface area contributed by atoms with Gasteiger partial charge >= 0.3 is 0 Å². The largest absolute Gasteiger partial charge is 0.468 e. The maximum absolute atomic E-state index is 12.9. The van der Waals surface area contributed by atoms with Gasteiger partial charge < -0.3 is 14.1 Å². The third-order valence-electron chi connectivity index (χ3n) is 7.17. The summed E-state index contributed by atoms with van der Waals surface area (Å²) in [7, 11) is 0. The number of piperidine rings is 1. The normalized spacial score (nSPS) is 24.0. The van der Waals surface area contributed by atoms with Crippen molar-refractivity contribution in [2.75, 3.05) is 39.4 Å². The van der Waals surface area contributed by atoms with E-state index in [2.05, 4.69) is 35.2 Å². The summed E-state index contributed by atoms with van der Waals surface area (Å²) in [6.07, 6.45) is 5.82. The number of fused-ring (bicyclic) bond motifs is 2. The molecule has 1 aliphatic carbocycles. The summed E-state index contributed by atoms with van der Waals surface area (Å²) < 4.78 is 10.9. The summed E-state index contributed by atoms with van der Waals surface area (Å²) >= 11 is 0. The lowest BCUT2D eigenvalue weighted by Gasteiger charge is -2.40. The third-order valence-corrected chi connectivity index (χ3v) is 7.17. The molecule has 0 N–H and O–H groups in total. The van der Waals surface area contributed by atoms with Crippen LogP contribution in [-0.4, -0.2) is 55.1 Å². The second-order valence-corrected chi connectivity index (χ2v) is 8.82. The zero-order chi connectivity index (χ0) is 19.7. The van der Waals surface area contributed by atoms with Gasteiger partial charge in [0.05, 0.1) is 26.0 Å². The van der Waals surface area contributed by atoms with Crippen molar-refractivity contribution in [3.8, 4) is 0 Å². The molecule has 5 heteroatoms. The Morgan fingerprint density at radius 2 is 1.83 bits per heavy atom. The van der Waals surface area contributed by atoms with E-state index < -0.39 is 0 Å². The first kappa shape index (κ1) is 18.9. The molecule has 154 valence electrons. The first-order valence-electron chi connectivity index (χ1n) is 10.9. The second-order valence-electron chi connectivity index (χ2n) is 8.82. The van der Waals surface area contributed by atoms with Crippen LogP contribution in [0.3, 0.4) is 0 Å². The van der Waals surface area contributed by atoms with Gasteiger partial charge in [-0.2, -0.15) is 0 Å². The zero-order valence-corrected chi connectivity index (χ0v) is 17.0. The monoisotopic (exact) mass is 394 g/mol. The molecular weight excluding hydrogens is 364 g/mol. The van der Waals surface area contributed by atoms with E-state index in [1.54, 1.807) is 6.26 Å². The number of benzene rings is 1. The highest BCUT2D eigenvalue weighted by atomic mass is 16.5. The summed E-state index contributed by atoms with van der Waals surface area (Å²) in [5, 5.41) is 0. The van der Waals surface area contributed by atoms with Gasteiger partial charge in [0.15, 0.2) is 0 Å². The highest BCUT2D eigenvalue weighted by Crippen LogP contribution is 2.52. The maximum atomic E-state index is 12.9. The lowest BCUT2D eigenvalue weighted by Crippen LogP contribution is -2.42. The lowest BCUT2D eigenvalue weighted by molar-refractivity contribution is -0.135. The molecule has 0 bridgehead atoms. The predicted molar refractivity (Wildman–Crippen MR) is 111 cm³/mol. The van der Waals surface area contributed by atoms with Gasteiger partial charge in [0, 0.05) is 19.5 Å². The Morgan fingerprint density at radius 3 is 2.59 bits per heavy atom. The minimum Gasteiger partial charge on any atom is -0.468 e. The van der Waals surface area contributed by atoms with E-state index in [4.69, 9.17) is 9.15 Å². The zero-order valence-electron chi connectivity index (χ0n) is 17.0. The van der Waals surface area contributed by atoms with Gasteiger partial charge in [0.2, 0.25) is 5.91 Å². The van der Waals surface area contributed by atoms with E-state index in [0.717, 1.165) is 57.7 Å². The van der Waals surface area contributed by atoms with Crippen molar-refractivity contribution in [2.24, 2.45) is 0 Å². The number of carbonyl (C=O) groups excluding carboxylic acids is 1. The number of hydrogen-bond acceptors (Lipinski definition) is 4. The van der Waals surface area contributed by atoms with Crippen LogP contribution in [0.4, 0.5) is 0 Å². The SMILES string of the molecule is O=C(CC1CC2(CCN(Cc3ccco3)CC2)c2ccccc21)N1CCOCC1. The Morgan fingerprint density at radius 1 is 1.03 bits per heavy atom. The van der Waals surface area contributed by atoms with Crippen LogP contribution in [-0.2, 0) is 21.5 Å². The van der Waals surface area contributed by atoms with Gasteiger partial charge in [-0.25, -0.2) is 0 Å². The number of rotatable bonds is 4. The molecule has 2 fully saturated rings. The fraction of sp³-hybridized carbons (Fsp3) is 0.542. The van der Waals surface area contributed by atoms with E-state index in [1.165, 1.54) is 11.1 Å². The molecule has 1 unspecified atom stereocenters. The quantitative estimate of drug-likeness (QED) is 0.796. The molecule has 2 aliphatic heterocycles. The van der Waals surface area contributed by atoms with Gasteiger partial charge in [-0.15, -0.1) is 0 Å². The smallest absolute Gasteiger partial charge is 0.223 e. The summed E-state index contributed by atoms with van der Waals surface area (Å²) in [5.74, 6) is 1.68. The molecule has 2 aromatic rings. The number of nitrogens with zero attached hydrogens (tertiary/aromatic N) is 2.